The van der Waals surface area contributed by atoms with Gasteiger partial charge < -0.3 is 4.90 Å². The van der Waals surface area contributed by atoms with Gasteiger partial charge in [0.2, 0.25) is 5.91 Å². The zero-order chi connectivity index (χ0) is 13.1. The summed E-state index contributed by atoms with van der Waals surface area (Å²) < 4.78 is 13.3. The Balaban J connectivity index is 2.16. The van der Waals surface area contributed by atoms with E-state index in [-0.39, 0.29) is 23.4 Å². The van der Waals surface area contributed by atoms with Crippen LogP contribution in [0.1, 0.15) is 6.42 Å². The smallest absolute Gasteiger partial charge is 0.227 e. The maximum Gasteiger partial charge on any atom is 0.227 e. The average Bonchev–Trinajstić information content (AvgIpc) is 2.71. The molecule has 1 amide bonds. The first-order valence-electron chi connectivity index (χ1n) is 5.38. The summed E-state index contributed by atoms with van der Waals surface area (Å²) in [5.41, 5.74) is 8.72. The Bertz CT molecular complexity index is 530. The molecule has 0 saturated carbocycles. The molecule has 1 aliphatic rings. The number of azide groups is 1. The van der Waals surface area contributed by atoms with Crippen LogP contribution >= 0.6 is 11.6 Å². The molecule has 1 aromatic rings. The van der Waals surface area contributed by atoms with Gasteiger partial charge in [-0.3, -0.25) is 4.79 Å². The molecule has 2 rings (SSSR count). The minimum absolute atomic E-state index is 0.0212. The second-order valence-electron chi connectivity index (χ2n) is 4.09. The first kappa shape index (κ1) is 12.7. The van der Waals surface area contributed by atoms with Crippen molar-refractivity contribution >= 4 is 23.2 Å². The summed E-state index contributed by atoms with van der Waals surface area (Å²) in [4.78, 5) is 15.9. The number of carbonyl (C=O) groups is 1. The molecule has 7 heteroatoms. The topological polar surface area (TPSA) is 69.1 Å². The van der Waals surface area contributed by atoms with E-state index in [0.29, 0.717) is 18.7 Å². The van der Waals surface area contributed by atoms with E-state index in [2.05, 4.69) is 10.0 Å². The van der Waals surface area contributed by atoms with Crippen molar-refractivity contribution < 1.29 is 9.18 Å². The average molecular weight is 269 g/mol. The molecule has 0 spiro atoms. The van der Waals surface area contributed by atoms with Gasteiger partial charge in [0.25, 0.3) is 0 Å². The van der Waals surface area contributed by atoms with E-state index in [1.807, 2.05) is 0 Å². The molecular weight excluding hydrogens is 259 g/mol. The molecule has 5 nitrogen and oxygen atoms in total. The number of nitrogens with zero attached hydrogens (tertiary/aromatic N) is 4. The third-order valence-corrected chi connectivity index (χ3v) is 3.13. The van der Waals surface area contributed by atoms with Crippen molar-refractivity contribution in [2.75, 3.05) is 18.0 Å². The van der Waals surface area contributed by atoms with Gasteiger partial charge in [-0.15, -0.1) is 0 Å². The Morgan fingerprint density at radius 3 is 3.06 bits per heavy atom. The summed E-state index contributed by atoms with van der Waals surface area (Å²) in [5.74, 6) is -0.678. The van der Waals surface area contributed by atoms with Crippen LogP contribution in [0.25, 0.3) is 10.4 Å². The van der Waals surface area contributed by atoms with E-state index in [9.17, 15) is 9.18 Å². The van der Waals surface area contributed by atoms with Gasteiger partial charge in [0.1, 0.15) is 5.82 Å². The van der Waals surface area contributed by atoms with E-state index >= 15 is 0 Å². The van der Waals surface area contributed by atoms with Crippen LogP contribution in [0, 0.1) is 11.7 Å². The molecule has 1 fully saturated rings. The lowest BCUT2D eigenvalue weighted by molar-refractivity contribution is -0.117. The molecule has 1 aromatic carbocycles. The molecule has 94 valence electrons. The summed E-state index contributed by atoms with van der Waals surface area (Å²) in [6, 6.07) is 4.25. The summed E-state index contributed by atoms with van der Waals surface area (Å²) in [5, 5.41) is 3.48. The molecule has 0 aliphatic carbocycles. The number of halogens is 2. The predicted molar refractivity (Wildman–Crippen MR) is 65.9 cm³/mol. The minimum Gasteiger partial charge on any atom is -0.312 e. The van der Waals surface area contributed by atoms with Gasteiger partial charge in [0, 0.05) is 30.1 Å². The standard InChI is InChI=1S/C11H10ClFN4O/c12-9-2-1-8(4-10(9)13)17-6-7(3-11(17)18)5-15-16-14/h1-2,4,7H,3,5-6H2. The van der Waals surface area contributed by atoms with Gasteiger partial charge in [-0.25, -0.2) is 4.39 Å². The van der Waals surface area contributed by atoms with Crippen LogP contribution in [0.5, 0.6) is 0 Å². The Morgan fingerprint density at radius 2 is 2.39 bits per heavy atom. The van der Waals surface area contributed by atoms with E-state index in [4.69, 9.17) is 17.1 Å². The van der Waals surface area contributed by atoms with Crippen LogP contribution in [0.4, 0.5) is 10.1 Å². The fourth-order valence-electron chi connectivity index (χ4n) is 1.96. The quantitative estimate of drug-likeness (QED) is 0.472. The third-order valence-electron chi connectivity index (χ3n) is 2.82. The molecule has 1 atom stereocenters. The van der Waals surface area contributed by atoms with E-state index in [1.165, 1.54) is 17.0 Å². The number of anilines is 1. The number of benzene rings is 1. The zero-order valence-electron chi connectivity index (χ0n) is 9.38. The SMILES string of the molecule is [N-]=[N+]=NCC1CC(=O)N(c2ccc(Cl)c(F)c2)C1. The molecule has 0 aromatic heterocycles. The third kappa shape index (κ3) is 2.55. The summed E-state index contributed by atoms with van der Waals surface area (Å²) >= 11 is 5.59. The molecule has 1 saturated heterocycles. The lowest BCUT2D eigenvalue weighted by Crippen LogP contribution is -2.24. The van der Waals surface area contributed by atoms with Gasteiger partial charge in [-0.2, -0.15) is 0 Å². The molecule has 0 radical (unpaired) electrons. The monoisotopic (exact) mass is 268 g/mol. The highest BCUT2D eigenvalue weighted by Gasteiger charge is 2.30. The fourth-order valence-corrected chi connectivity index (χ4v) is 2.08. The van der Waals surface area contributed by atoms with Crippen LogP contribution < -0.4 is 4.90 Å². The Morgan fingerprint density at radius 1 is 1.61 bits per heavy atom. The van der Waals surface area contributed by atoms with Crippen LogP contribution in [-0.4, -0.2) is 19.0 Å². The number of hydrogen-bond donors (Lipinski definition) is 0. The van der Waals surface area contributed by atoms with E-state index in [0.717, 1.165) is 0 Å². The summed E-state index contributed by atoms with van der Waals surface area (Å²) in [7, 11) is 0. The van der Waals surface area contributed by atoms with Crippen molar-refractivity contribution in [2.45, 2.75) is 6.42 Å². The maximum absolute atomic E-state index is 13.3. The maximum atomic E-state index is 13.3. The van der Waals surface area contributed by atoms with Crippen LogP contribution in [-0.2, 0) is 4.79 Å². The van der Waals surface area contributed by atoms with Gasteiger partial charge in [0.05, 0.1) is 5.02 Å². The molecule has 0 N–H and O–H groups in total. The number of amides is 1. The Hall–Kier alpha value is -1.78. The van der Waals surface area contributed by atoms with Crippen molar-refractivity contribution in [2.24, 2.45) is 11.0 Å². The number of hydrogen-bond acceptors (Lipinski definition) is 2. The van der Waals surface area contributed by atoms with Gasteiger partial charge >= 0.3 is 0 Å². The second-order valence-corrected chi connectivity index (χ2v) is 4.49. The van der Waals surface area contributed by atoms with Gasteiger partial charge in [-0.1, -0.05) is 16.7 Å². The first-order chi connectivity index (χ1) is 8.61. The predicted octanol–water partition coefficient (Wildman–Crippen LogP) is 3.14. The number of rotatable bonds is 3. The molecule has 1 aliphatic heterocycles. The van der Waals surface area contributed by atoms with E-state index in [1.54, 1.807) is 6.07 Å². The van der Waals surface area contributed by atoms with Crippen molar-refractivity contribution in [3.63, 3.8) is 0 Å². The molecule has 1 unspecified atom stereocenters. The number of carbonyl (C=O) groups excluding carboxylic acids is 1. The van der Waals surface area contributed by atoms with Crippen LogP contribution in [0.15, 0.2) is 23.3 Å². The van der Waals surface area contributed by atoms with Crippen molar-refractivity contribution in [3.8, 4) is 0 Å². The highest BCUT2D eigenvalue weighted by Crippen LogP contribution is 2.28. The summed E-state index contributed by atoms with van der Waals surface area (Å²) in [6.45, 7) is 0.702. The lowest BCUT2D eigenvalue weighted by atomic mass is 10.1. The molecular formula is C11H10ClFN4O. The largest absolute Gasteiger partial charge is 0.312 e. The molecule has 0 bridgehead atoms. The van der Waals surface area contributed by atoms with Crippen LogP contribution in [0.2, 0.25) is 5.02 Å². The fraction of sp³-hybridized carbons (Fsp3) is 0.364. The molecule has 1 heterocycles. The minimum atomic E-state index is -0.555. The van der Waals surface area contributed by atoms with Crippen LogP contribution in [0.3, 0.4) is 0 Å². The Labute approximate surface area is 108 Å². The van der Waals surface area contributed by atoms with E-state index < -0.39 is 5.82 Å². The van der Waals surface area contributed by atoms with Crippen molar-refractivity contribution in [3.05, 3.63) is 39.5 Å². The van der Waals surface area contributed by atoms with Crippen molar-refractivity contribution in [1.29, 1.82) is 0 Å². The Kier molecular flexibility index (Phi) is 3.69. The normalized spacial score (nSPS) is 18.9. The zero-order valence-corrected chi connectivity index (χ0v) is 10.1. The summed E-state index contributed by atoms with van der Waals surface area (Å²) in [6.07, 6.45) is 0.309. The highest BCUT2D eigenvalue weighted by atomic mass is 35.5. The van der Waals surface area contributed by atoms with Gasteiger partial charge in [-0.05, 0) is 29.6 Å². The van der Waals surface area contributed by atoms with Gasteiger partial charge in [0.15, 0.2) is 0 Å². The second kappa shape index (κ2) is 5.25. The van der Waals surface area contributed by atoms with Crippen molar-refractivity contribution in [1.82, 2.24) is 0 Å². The first-order valence-corrected chi connectivity index (χ1v) is 5.76. The lowest BCUT2D eigenvalue weighted by Gasteiger charge is -2.16. The molecule has 18 heavy (non-hydrogen) atoms. The highest BCUT2D eigenvalue weighted by molar-refractivity contribution is 6.30.